The quantitative estimate of drug-likeness (QED) is 0.869. The molecule has 0 radical (unpaired) electrons. The van der Waals surface area contributed by atoms with E-state index in [0.717, 1.165) is 11.4 Å². The summed E-state index contributed by atoms with van der Waals surface area (Å²) < 4.78 is 1.75. The summed E-state index contributed by atoms with van der Waals surface area (Å²) in [5, 5.41) is 16.4. The van der Waals surface area contributed by atoms with E-state index in [2.05, 4.69) is 10.4 Å². The molecule has 2 aromatic rings. The maximum absolute atomic E-state index is 12.0. The van der Waals surface area contributed by atoms with Gasteiger partial charge in [-0.3, -0.25) is 0 Å². The highest BCUT2D eigenvalue weighted by atomic mass is 16.3. The first-order chi connectivity index (χ1) is 9.72. The topological polar surface area (TPSA) is 70.4 Å². The largest absolute Gasteiger partial charge is 0.391 e. The average molecular weight is 272 g/mol. The molecule has 1 fully saturated rings. The van der Waals surface area contributed by atoms with Crippen molar-refractivity contribution < 1.29 is 9.90 Å². The van der Waals surface area contributed by atoms with Crippen molar-refractivity contribution in [2.24, 2.45) is 0 Å². The minimum Gasteiger partial charge on any atom is -0.391 e. The molecule has 0 bridgehead atoms. The average Bonchev–Trinajstić information content (AvgIpc) is 3.10. The summed E-state index contributed by atoms with van der Waals surface area (Å²) in [7, 11) is 0. The van der Waals surface area contributed by atoms with Crippen LogP contribution >= 0.6 is 0 Å². The van der Waals surface area contributed by atoms with Crippen molar-refractivity contribution >= 4 is 11.7 Å². The molecule has 1 aromatic heterocycles. The van der Waals surface area contributed by atoms with Crippen molar-refractivity contribution in [3.63, 3.8) is 0 Å². The van der Waals surface area contributed by atoms with Crippen LogP contribution in [0.3, 0.4) is 0 Å². The third kappa shape index (κ3) is 2.65. The van der Waals surface area contributed by atoms with Gasteiger partial charge in [-0.1, -0.05) is 0 Å². The molecular weight excluding hydrogens is 256 g/mol. The Morgan fingerprint density at radius 2 is 2.15 bits per heavy atom. The van der Waals surface area contributed by atoms with Crippen LogP contribution < -0.4 is 5.32 Å². The van der Waals surface area contributed by atoms with Gasteiger partial charge in [0.05, 0.1) is 11.8 Å². The maximum Gasteiger partial charge on any atom is 0.321 e. The highest BCUT2D eigenvalue weighted by Gasteiger charge is 2.24. The Hall–Kier alpha value is -2.34. The molecule has 6 heteroatoms. The molecule has 104 valence electrons. The fourth-order valence-corrected chi connectivity index (χ4v) is 2.25. The normalized spacial score (nSPS) is 18.2. The predicted octanol–water partition coefficient (Wildman–Crippen LogP) is 1.47. The number of aliphatic hydroxyl groups is 1. The van der Waals surface area contributed by atoms with Crippen LogP contribution in [0.4, 0.5) is 10.5 Å². The van der Waals surface area contributed by atoms with Crippen molar-refractivity contribution in [3.8, 4) is 5.69 Å². The van der Waals surface area contributed by atoms with Crippen LogP contribution in [0.25, 0.3) is 5.69 Å². The minimum absolute atomic E-state index is 0.173. The smallest absolute Gasteiger partial charge is 0.321 e. The zero-order valence-corrected chi connectivity index (χ0v) is 10.9. The summed E-state index contributed by atoms with van der Waals surface area (Å²) in [5.41, 5.74) is 1.66. The van der Waals surface area contributed by atoms with Crippen molar-refractivity contribution in [2.45, 2.75) is 12.5 Å². The lowest BCUT2D eigenvalue weighted by Crippen LogP contribution is -2.33. The molecule has 2 N–H and O–H groups in total. The Morgan fingerprint density at radius 3 is 2.75 bits per heavy atom. The van der Waals surface area contributed by atoms with E-state index < -0.39 is 6.10 Å². The zero-order chi connectivity index (χ0) is 13.9. The van der Waals surface area contributed by atoms with Gasteiger partial charge in [-0.15, -0.1) is 0 Å². The molecule has 1 aromatic carbocycles. The first-order valence-electron chi connectivity index (χ1n) is 6.56. The Kier molecular flexibility index (Phi) is 3.39. The highest BCUT2D eigenvalue weighted by molar-refractivity contribution is 5.89. The molecule has 1 saturated heterocycles. The fraction of sp³-hybridized carbons (Fsp3) is 0.286. The van der Waals surface area contributed by atoms with E-state index in [1.165, 1.54) is 0 Å². The molecule has 0 spiro atoms. The highest BCUT2D eigenvalue weighted by Crippen LogP contribution is 2.15. The van der Waals surface area contributed by atoms with Crippen LogP contribution in [0.5, 0.6) is 0 Å². The number of aliphatic hydroxyl groups excluding tert-OH is 1. The fourth-order valence-electron chi connectivity index (χ4n) is 2.25. The van der Waals surface area contributed by atoms with E-state index >= 15 is 0 Å². The first-order valence-corrected chi connectivity index (χ1v) is 6.56. The second-order valence-electron chi connectivity index (χ2n) is 4.82. The summed E-state index contributed by atoms with van der Waals surface area (Å²) in [4.78, 5) is 13.6. The van der Waals surface area contributed by atoms with Gasteiger partial charge in [-0.25, -0.2) is 9.48 Å². The Balaban J connectivity index is 1.65. The van der Waals surface area contributed by atoms with Gasteiger partial charge < -0.3 is 15.3 Å². The van der Waals surface area contributed by atoms with Gasteiger partial charge in [0.15, 0.2) is 0 Å². The first kappa shape index (κ1) is 12.7. The molecular formula is C14H16N4O2. The number of hydrogen-bond acceptors (Lipinski definition) is 3. The van der Waals surface area contributed by atoms with E-state index in [-0.39, 0.29) is 6.03 Å². The van der Waals surface area contributed by atoms with Gasteiger partial charge in [0.2, 0.25) is 0 Å². The number of amides is 2. The number of hydrogen-bond donors (Lipinski definition) is 2. The van der Waals surface area contributed by atoms with Gasteiger partial charge >= 0.3 is 6.03 Å². The summed E-state index contributed by atoms with van der Waals surface area (Å²) in [5.74, 6) is 0. The maximum atomic E-state index is 12.0. The second kappa shape index (κ2) is 5.34. The van der Waals surface area contributed by atoms with Crippen molar-refractivity contribution in [1.29, 1.82) is 0 Å². The summed E-state index contributed by atoms with van der Waals surface area (Å²) in [6, 6.07) is 9.13. The molecule has 1 atom stereocenters. The lowest BCUT2D eigenvalue weighted by molar-refractivity contribution is 0.176. The van der Waals surface area contributed by atoms with Gasteiger partial charge in [0, 0.05) is 31.2 Å². The molecule has 1 aliphatic heterocycles. The van der Waals surface area contributed by atoms with Crippen LogP contribution in [0.15, 0.2) is 42.7 Å². The Morgan fingerprint density at radius 1 is 1.35 bits per heavy atom. The molecule has 2 heterocycles. The number of likely N-dealkylation sites (tertiary alicyclic amines) is 1. The predicted molar refractivity (Wildman–Crippen MR) is 74.8 cm³/mol. The van der Waals surface area contributed by atoms with E-state index in [4.69, 9.17) is 0 Å². The molecule has 0 saturated carbocycles. The number of urea groups is 1. The van der Waals surface area contributed by atoms with E-state index in [0.29, 0.717) is 19.5 Å². The van der Waals surface area contributed by atoms with Crippen LogP contribution in [0.2, 0.25) is 0 Å². The van der Waals surface area contributed by atoms with Crippen molar-refractivity contribution in [1.82, 2.24) is 14.7 Å². The molecule has 20 heavy (non-hydrogen) atoms. The van der Waals surface area contributed by atoms with Crippen molar-refractivity contribution in [3.05, 3.63) is 42.7 Å². The van der Waals surface area contributed by atoms with E-state index in [9.17, 15) is 9.90 Å². The second-order valence-corrected chi connectivity index (χ2v) is 4.82. The summed E-state index contributed by atoms with van der Waals surface area (Å²) in [6.45, 7) is 0.996. The zero-order valence-electron chi connectivity index (χ0n) is 10.9. The number of carbonyl (C=O) groups is 1. The van der Waals surface area contributed by atoms with E-state index in [1.807, 2.05) is 36.5 Å². The molecule has 2 amide bonds. The molecule has 1 aliphatic rings. The van der Waals surface area contributed by atoms with Crippen LogP contribution in [-0.4, -0.2) is 45.0 Å². The van der Waals surface area contributed by atoms with Gasteiger partial charge in [0.1, 0.15) is 0 Å². The summed E-state index contributed by atoms with van der Waals surface area (Å²) >= 11 is 0. The molecule has 0 unspecified atom stereocenters. The minimum atomic E-state index is -0.400. The van der Waals surface area contributed by atoms with Crippen LogP contribution in [0.1, 0.15) is 6.42 Å². The molecule has 0 aliphatic carbocycles. The van der Waals surface area contributed by atoms with Crippen LogP contribution in [0, 0.1) is 0 Å². The number of nitrogens with zero attached hydrogens (tertiary/aromatic N) is 3. The number of nitrogens with one attached hydrogen (secondary N) is 1. The van der Waals surface area contributed by atoms with Gasteiger partial charge in [-0.2, -0.15) is 5.10 Å². The Bertz CT molecular complexity index is 580. The third-order valence-electron chi connectivity index (χ3n) is 3.34. The lowest BCUT2D eigenvalue weighted by Gasteiger charge is -2.16. The SMILES string of the molecule is O=C(Nc1ccc(-n2cccn2)cc1)N1CC[C@H](O)C1. The lowest BCUT2D eigenvalue weighted by atomic mass is 10.3. The van der Waals surface area contributed by atoms with Crippen molar-refractivity contribution in [2.75, 3.05) is 18.4 Å². The van der Waals surface area contributed by atoms with E-state index in [1.54, 1.807) is 15.8 Å². The number of rotatable bonds is 2. The standard InChI is InChI=1S/C14H16N4O2/c19-13-6-9-17(10-13)14(20)16-11-2-4-12(5-3-11)18-8-1-7-15-18/h1-5,7-8,13,19H,6,9-10H2,(H,16,20)/t13-/m0/s1. The molecule has 6 nitrogen and oxygen atoms in total. The van der Waals surface area contributed by atoms with Gasteiger partial charge in [0.25, 0.3) is 0 Å². The number of aromatic nitrogens is 2. The monoisotopic (exact) mass is 272 g/mol. The van der Waals surface area contributed by atoms with Crippen LogP contribution in [-0.2, 0) is 0 Å². The Labute approximate surface area is 116 Å². The number of benzene rings is 1. The number of carbonyl (C=O) groups excluding carboxylic acids is 1. The molecule has 3 rings (SSSR count). The number of β-amino-alcohol motifs (C(OH)–C–C–N with tert-alkyl or cyclic N) is 1. The van der Waals surface area contributed by atoms with Gasteiger partial charge in [-0.05, 0) is 36.8 Å². The third-order valence-corrected chi connectivity index (χ3v) is 3.34. The number of anilines is 1. The summed E-state index contributed by atoms with van der Waals surface area (Å²) in [6.07, 6.45) is 3.82.